The van der Waals surface area contributed by atoms with E-state index in [4.69, 9.17) is 4.42 Å². The quantitative estimate of drug-likeness (QED) is 0.276. The van der Waals surface area contributed by atoms with Gasteiger partial charge in [0.25, 0.3) is 0 Å². The summed E-state index contributed by atoms with van der Waals surface area (Å²) >= 11 is 3.02. The summed E-state index contributed by atoms with van der Waals surface area (Å²) in [6.07, 6.45) is 3.20. The smallest absolute Gasteiger partial charge is 0.221 e. The molecule has 0 spiro atoms. The lowest BCUT2D eigenvalue weighted by atomic mass is 10.0. The van der Waals surface area contributed by atoms with E-state index in [1.807, 2.05) is 35.7 Å². The summed E-state index contributed by atoms with van der Waals surface area (Å²) in [4.78, 5) is 36.1. The lowest BCUT2D eigenvalue weighted by molar-refractivity contribution is 0.0990. The molecule has 6 rings (SSSR count). The topological polar surface area (TPSA) is 73.1 Å². The van der Waals surface area contributed by atoms with Gasteiger partial charge < -0.3 is 4.42 Å². The van der Waals surface area contributed by atoms with Gasteiger partial charge in [-0.05, 0) is 22.9 Å². The van der Waals surface area contributed by atoms with Crippen molar-refractivity contribution < 1.29 is 14.0 Å². The first kappa shape index (κ1) is 16.5. The molecule has 1 aliphatic rings. The van der Waals surface area contributed by atoms with Crippen molar-refractivity contribution in [2.45, 2.75) is 0 Å². The van der Waals surface area contributed by atoms with Gasteiger partial charge in [-0.15, -0.1) is 22.7 Å². The summed E-state index contributed by atoms with van der Waals surface area (Å²) in [6.45, 7) is 0. The molecule has 0 atom stereocenters. The standard InChI is InChI=1S/C22H10N2O3S2/c25-19-13-7-11-3-1-2-4-12(11)8-14(13)20(26)15(19)9-18-24-21-16(27-18)10-17(29-21)22-23-5-6-28-22/h1-10H. The molecule has 0 N–H and O–H groups in total. The Morgan fingerprint density at radius 1 is 0.966 bits per heavy atom. The largest absolute Gasteiger partial charge is 0.436 e. The summed E-state index contributed by atoms with van der Waals surface area (Å²) in [7, 11) is 0. The molecule has 2 aromatic carbocycles. The molecule has 5 nitrogen and oxygen atoms in total. The number of oxazole rings is 1. The number of hydrogen-bond donors (Lipinski definition) is 0. The third kappa shape index (κ3) is 2.52. The van der Waals surface area contributed by atoms with Crippen molar-refractivity contribution in [2.24, 2.45) is 0 Å². The maximum atomic E-state index is 12.9. The molecule has 1 aliphatic carbocycles. The van der Waals surface area contributed by atoms with Gasteiger partial charge in [0.2, 0.25) is 5.89 Å². The SMILES string of the molecule is O=C1C(=Cc2nc3sc(-c4nccs4)cc3o2)C(=O)c2cc3ccccc3cc21. The molecule has 0 fully saturated rings. The van der Waals surface area contributed by atoms with E-state index in [1.165, 1.54) is 17.4 Å². The summed E-state index contributed by atoms with van der Waals surface area (Å²) < 4.78 is 5.78. The average Bonchev–Trinajstić information content (AvgIpc) is 3.48. The van der Waals surface area contributed by atoms with E-state index in [9.17, 15) is 9.59 Å². The van der Waals surface area contributed by atoms with Crippen LogP contribution in [0.5, 0.6) is 0 Å². The lowest BCUT2D eigenvalue weighted by Gasteiger charge is -2.00. The second-order valence-electron chi connectivity index (χ2n) is 6.63. The maximum absolute atomic E-state index is 12.9. The molecule has 3 heterocycles. The highest BCUT2D eigenvalue weighted by Crippen LogP contribution is 2.36. The average molecular weight is 414 g/mol. The predicted octanol–water partition coefficient (Wildman–Crippen LogP) is 5.63. The van der Waals surface area contributed by atoms with E-state index < -0.39 is 0 Å². The molecular weight excluding hydrogens is 404 g/mol. The first-order valence-corrected chi connectivity index (χ1v) is 10.5. The fourth-order valence-corrected chi connectivity index (χ4v) is 5.20. The van der Waals surface area contributed by atoms with Gasteiger partial charge in [-0.1, -0.05) is 24.3 Å². The maximum Gasteiger partial charge on any atom is 0.221 e. The van der Waals surface area contributed by atoms with E-state index in [1.54, 1.807) is 29.7 Å². The Labute approximate surface area is 172 Å². The van der Waals surface area contributed by atoms with Crippen LogP contribution in [0.2, 0.25) is 0 Å². The van der Waals surface area contributed by atoms with Crippen molar-refractivity contribution >= 4 is 61.5 Å². The number of benzene rings is 2. The van der Waals surface area contributed by atoms with Gasteiger partial charge >= 0.3 is 0 Å². The van der Waals surface area contributed by atoms with Crippen LogP contribution >= 0.6 is 22.7 Å². The molecule has 0 unspecified atom stereocenters. The Bertz CT molecular complexity index is 1400. The number of carbonyl (C=O) groups excluding carboxylic acids is 2. The van der Waals surface area contributed by atoms with Crippen LogP contribution < -0.4 is 0 Å². The van der Waals surface area contributed by atoms with Crippen LogP contribution in [0.25, 0.3) is 37.1 Å². The Morgan fingerprint density at radius 3 is 2.31 bits per heavy atom. The molecule has 0 saturated heterocycles. The first-order valence-electron chi connectivity index (χ1n) is 8.81. The summed E-state index contributed by atoms with van der Waals surface area (Å²) in [5.41, 5.74) is 1.57. The van der Waals surface area contributed by atoms with E-state index in [-0.39, 0.29) is 23.0 Å². The highest BCUT2D eigenvalue weighted by atomic mass is 32.1. The number of rotatable bonds is 2. The zero-order valence-corrected chi connectivity index (χ0v) is 16.3. The monoisotopic (exact) mass is 414 g/mol. The summed E-state index contributed by atoms with van der Waals surface area (Å²) in [5.74, 6) is -0.326. The fourth-order valence-electron chi connectivity index (χ4n) is 3.53. The van der Waals surface area contributed by atoms with Crippen LogP contribution in [0.4, 0.5) is 0 Å². The van der Waals surface area contributed by atoms with Crippen molar-refractivity contribution in [3.05, 3.63) is 76.6 Å². The van der Waals surface area contributed by atoms with Crippen molar-refractivity contribution in [1.29, 1.82) is 0 Å². The third-order valence-electron chi connectivity index (χ3n) is 4.88. The minimum absolute atomic E-state index is 0.0874. The highest BCUT2D eigenvalue weighted by molar-refractivity contribution is 7.25. The number of Topliss-reactive ketones (excluding diaryl/α,β-unsaturated/α-hetero) is 2. The molecule has 7 heteroatoms. The van der Waals surface area contributed by atoms with Crippen LogP contribution in [0.1, 0.15) is 26.6 Å². The van der Waals surface area contributed by atoms with Crippen molar-refractivity contribution in [1.82, 2.24) is 9.97 Å². The minimum atomic E-state index is -0.291. The second kappa shape index (κ2) is 6.04. The number of thiophene rings is 1. The van der Waals surface area contributed by atoms with Gasteiger partial charge in [-0.2, -0.15) is 4.98 Å². The summed E-state index contributed by atoms with van der Waals surface area (Å²) in [6, 6.07) is 13.1. The van der Waals surface area contributed by atoms with Crippen LogP contribution in [-0.4, -0.2) is 21.5 Å². The highest BCUT2D eigenvalue weighted by Gasteiger charge is 2.34. The molecule has 29 heavy (non-hydrogen) atoms. The second-order valence-corrected chi connectivity index (χ2v) is 8.56. The van der Waals surface area contributed by atoms with E-state index in [0.29, 0.717) is 21.5 Å². The van der Waals surface area contributed by atoms with Crippen LogP contribution in [-0.2, 0) is 0 Å². The van der Waals surface area contributed by atoms with Crippen molar-refractivity contribution in [2.75, 3.05) is 0 Å². The normalized spacial score (nSPS) is 13.6. The Morgan fingerprint density at radius 2 is 1.69 bits per heavy atom. The molecular formula is C22H10N2O3S2. The molecule has 138 valence electrons. The van der Waals surface area contributed by atoms with Crippen molar-refractivity contribution in [3.63, 3.8) is 0 Å². The number of allylic oxidation sites excluding steroid dienone is 1. The minimum Gasteiger partial charge on any atom is -0.436 e. The van der Waals surface area contributed by atoms with Gasteiger partial charge in [0.1, 0.15) is 5.01 Å². The molecule has 3 aromatic heterocycles. The molecule has 0 aliphatic heterocycles. The van der Waals surface area contributed by atoms with Crippen LogP contribution in [0.15, 0.2) is 64.0 Å². The van der Waals surface area contributed by atoms with Gasteiger partial charge in [-0.25, -0.2) is 4.98 Å². The number of aromatic nitrogens is 2. The van der Waals surface area contributed by atoms with Crippen molar-refractivity contribution in [3.8, 4) is 9.88 Å². The number of hydrogen-bond acceptors (Lipinski definition) is 7. The van der Waals surface area contributed by atoms with Gasteiger partial charge in [0, 0.05) is 34.8 Å². The first-order chi connectivity index (χ1) is 14.2. The Balaban J connectivity index is 1.41. The van der Waals surface area contributed by atoms with E-state index in [2.05, 4.69) is 9.97 Å². The van der Waals surface area contributed by atoms with E-state index >= 15 is 0 Å². The molecule has 0 amide bonds. The Hall–Kier alpha value is -3.42. The van der Waals surface area contributed by atoms with Crippen LogP contribution in [0.3, 0.4) is 0 Å². The lowest BCUT2D eigenvalue weighted by Crippen LogP contribution is -2.00. The molecule has 0 radical (unpaired) electrons. The zero-order chi connectivity index (χ0) is 19.5. The number of nitrogens with zero attached hydrogens (tertiary/aromatic N) is 2. The molecule has 0 saturated carbocycles. The van der Waals surface area contributed by atoms with Gasteiger partial charge in [-0.3, -0.25) is 9.59 Å². The number of fused-ring (bicyclic) bond motifs is 3. The number of thiazole rings is 1. The Kier molecular flexibility index (Phi) is 3.44. The molecule has 0 bridgehead atoms. The summed E-state index contributed by atoms with van der Waals surface area (Å²) in [5, 5.41) is 4.69. The third-order valence-corrected chi connectivity index (χ3v) is 6.83. The number of ketones is 2. The van der Waals surface area contributed by atoms with Gasteiger partial charge in [0.05, 0.1) is 10.5 Å². The fraction of sp³-hybridized carbons (Fsp3) is 0. The van der Waals surface area contributed by atoms with Gasteiger partial charge in [0.15, 0.2) is 22.0 Å². The van der Waals surface area contributed by atoms with Crippen LogP contribution in [0, 0.1) is 0 Å². The number of carbonyl (C=O) groups is 2. The zero-order valence-electron chi connectivity index (χ0n) is 14.7. The predicted molar refractivity (Wildman–Crippen MR) is 114 cm³/mol. The van der Waals surface area contributed by atoms with E-state index in [0.717, 1.165) is 20.7 Å². The molecule has 5 aromatic rings.